The summed E-state index contributed by atoms with van der Waals surface area (Å²) < 4.78 is 2.02. The minimum Gasteiger partial charge on any atom is -0.383 e. The van der Waals surface area contributed by atoms with Crippen LogP contribution >= 0.6 is 11.3 Å². The lowest BCUT2D eigenvalue weighted by Gasteiger charge is -2.20. The molecule has 0 aromatic carbocycles. The van der Waals surface area contributed by atoms with Crippen molar-refractivity contribution >= 4 is 22.9 Å². The van der Waals surface area contributed by atoms with Crippen molar-refractivity contribution in [3.63, 3.8) is 0 Å². The lowest BCUT2D eigenvalue weighted by molar-refractivity contribution is 0.0711. The standard InChI is InChI=1S/C19H25N5OS/c1-3-20-18(22-14-19(2,25)16-7-6-12-26-16)21-10-9-15-13-24-11-5-4-8-17(24)23-15/h4-8,11-13,25H,3,9-10,14H2,1-2H3,(H2,20,21,22). The Bertz CT molecular complexity index is 821. The highest BCUT2D eigenvalue weighted by Crippen LogP contribution is 2.25. The van der Waals surface area contributed by atoms with E-state index in [9.17, 15) is 5.11 Å². The van der Waals surface area contributed by atoms with E-state index in [-0.39, 0.29) is 0 Å². The van der Waals surface area contributed by atoms with Gasteiger partial charge in [-0.1, -0.05) is 12.1 Å². The Labute approximate surface area is 157 Å². The zero-order valence-corrected chi connectivity index (χ0v) is 16.0. The molecule has 0 spiro atoms. The van der Waals surface area contributed by atoms with Crippen molar-refractivity contribution in [2.75, 3.05) is 19.6 Å². The molecular formula is C19H25N5OS. The largest absolute Gasteiger partial charge is 0.383 e. The fourth-order valence-electron chi connectivity index (χ4n) is 2.65. The second-order valence-electron chi connectivity index (χ2n) is 6.32. The second-order valence-corrected chi connectivity index (χ2v) is 7.27. The normalized spacial score (nSPS) is 14.3. The van der Waals surface area contributed by atoms with E-state index in [1.54, 1.807) is 18.3 Å². The molecule has 0 aliphatic heterocycles. The summed E-state index contributed by atoms with van der Waals surface area (Å²) >= 11 is 1.54. The first-order chi connectivity index (χ1) is 12.6. The van der Waals surface area contributed by atoms with Crippen molar-refractivity contribution in [2.45, 2.75) is 25.9 Å². The van der Waals surface area contributed by atoms with Gasteiger partial charge in [0.25, 0.3) is 0 Å². The van der Waals surface area contributed by atoms with Gasteiger partial charge >= 0.3 is 0 Å². The third-order valence-electron chi connectivity index (χ3n) is 4.03. The Morgan fingerprint density at radius 2 is 2.19 bits per heavy atom. The molecule has 0 aliphatic carbocycles. The van der Waals surface area contributed by atoms with Gasteiger partial charge in [-0.05, 0) is 37.4 Å². The van der Waals surface area contributed by atoms with Crippen LogP contribution in [0.3, 0.4) is 0 Å². The number of nitrogens with one attached hydrogen (secondary N) is 2. The summed E-state index contributed by atoms with van der Waals surface area (Å²) in [7, 11) is 0. The van der Waals surface area contributed by atoms with Crippen molar-refractivity contribution in [1.82, 2.24) is 20.0 Å². The summed E-state index contributed by atoms with van der Waals surface area (Å²) in [5, 5.41) is 19.1. The molecule has 0 aliphatic rings. The average Bonchev–Trinajstić information content (AvgIpc) is 3.29. The Morgan fingerprint density at radius 1 is 1.31 bits per heavy atom. The van der Waals surface area contributed by atoms with Gasteiger partial charge in [-0.3, -0.25) is 0 Å². The number of imidazole rings is 1. The topological polar surface area (TPSA) is 74.0 Å². The number of rotatable bonds is 7. The molecule has 1 atom stereocenters. The fourth-order valence-corrected chi connectivity index (χ4v) is 3.43. The molecule has 26 heavy (non-hydrogen) atoms. The maximum absolute atomic E-state index is 10.6. The number of aliphatic hydroxyl groups is 1. The first kappa shape index (κ1) is 18.4. The highest BCUT2D eigenvalue weighted by atomic mass is 32.1. The van der Waals surface area contributed by atoms with Crippen LogP contribution in [-0.4, -0.2) is 40.1 Å². The van der Waals surface area contributed by atoms with Crippen LogP contribution in [-0.2, 0) is 12.0 Å². The Morgan fingerprint density at radius 3 is 2.92 bits per heavy atom. The van der Waals surface area contributed by atoms with Gasteiger partial charge < -0.3 is 20.1 Å². The second kappa shape index (κ2) is 8.33. The van der Waals surface area contributed by atoms with E-state index in [2.05, 4.69) is 20.6 Å². The van der Waals surface area contributed by atoms with E-state index < -0.39 is 5.60 Å². The van der Waals surface area contributed by atoms with E-state index >= 15 is 0 Å². The van der Waals surface area contributed by atoms with Crippen molar-refractivity contribution in [1.29, 1.82) is 0 Å². The molecule has 3 N–H and O–H groups in total. The summed E-state index contributed by atoms with van der Waals surface area (Å²) in [5.74, 6) is 0.702. The predicted octanol–water partition coefficient (Wildman–Crippen LogP) is 2.40. The number of guanidine groups is 1. The Balaban J connectivity index is 1.57. The van der Waals surface area contributed by atoms with E-state index in [1.165, 1.54) is 0 Å². The summed E-state index contributed by atoms with van der Waals surface area (Å²) in [6.45, 7) is 5.61. The lowest BCUT2D eigenvalue weighted by atomic mass is 10.1. The predicted molar refractivity (Wildman–Crippen MR) is 107 cm³/mol. The SMILES string of the molecule is CCNC(=NCC(C)(O)c1cccs1)NCCc1cn2ccccc2n1. The van der Waals surface area contributed by atoms with Crippen molar-refractivity contribution in [2.24, 2.45) is 4.99 Å². The quantitative estimate of drug-likeness (QED) is 0.440. The number of nitrogens with zero attached hydrogens (tertiary/aromatic N) is 3. The molecule has 3 aromatic heterocycles. The number of aliphatic imine (C=N–C) groups is 1. The van der Waals surface area contributed by atoms with Gasteiger partial charge in [0.1, 0.15) is 11.2 Å². The van der Waals surface area contributed by atoms with Crippen LogP contribution in [0, 0.1) is 0 Å². The van der Waals surface area contributed by atoms with Crippen molar-refractivity contribution < 1.29 is 5.11 Å². The van der Waals surface area contributed by atoms with Gasteiger partial charge in [-0.25, -0.2) is 9.98 Å². The lowest BCUT2D eigenvalue weighted by Crippen LogP contribution is -2.39. The molecule has 0 saturated carbocycles. The fraction of sp³-hybridized carbons (Fsp3) is 0.368. The van der Waals surface area contributed by atoms with E-state index in [0.717, 1.165) is 35.7 Å². The molecule has 7 heteroatoms. The van der Waals surface area contributed by atoms with Crippen molar-refractivity contribution in [3.05, 3.63) is 58.7 Å². The summed E-state index contributed by atoms with van der Waals surface area (Å²) in [6.07, 6.45) is 4.84. The van der Waals surface area contributed by atoms with Crippen LogP contribution in [0.25, 0.3) is 5.65 Å². The van der Waals surface area contributed by atoms with Gasteiger partial charge in [0.05, 0.1) is 12.2 Å². The summed E-state index contributed by atoms with van der Waals surface area (Å²) in [4.78, 5) is 10.1. The molecule has 0 saturated heterocycles. The molecule has 0 radical (unpaired) electrons. The molecule has 6 nitrogen and oxygen atoms in total. The number of hydrogen-bond acceptors (Lipinski definition) is 4. The third-order valence-corrected chi connectivity index (χ3v) is 5.15. The van der Waals surface area contributed by atoms with Gasteiger partial charge in [0.2, 0.25) is 0 Å². The van der Waals surface area contributed by atoms with E-state index in [0.29, 0.717) is 12.5 Å². The maximum atomic E-state index is 10.6. The molecule has 3 heterocycles. The van der Waals surface area contributed by atoms with Crippen LogP contribution in [0.4, 0.5) is 0 Å². The van der Waals surface area contributed by atoms with Crippen LogP contribution < -0.4 is 10.6 Å². The van der Waals surface area contributed by atoms with E-state index in [4.69, 9.17) is 0 Å². The summed E-state index contributed by atoms with van der Waals surface area (Å²) in [5.41, 5.74) is 1.03. The van der Waals surface area contributed by atoms with Gasteiger partial charge in [0, 0.05) is 36.8 Å². The van der Waals surface area contributed by atoms with Crippen LogP contribution in [0.2, 0.25) is 0 Å². The van der Waals surface area contributed by atoms with Crippen LogP contribution in [0.1, 0.15) is 24.4 Å². The zero-order chi connectivity index (χ0) is 18.4. The van der Waals surface area contributed by atoms with Gasteiger partial charge in [0.15, 0.2) is 5.96 Å². The van der Waals surface area contributed by atoms with Crippen LogP contribution in [0.5, 0.6) is 0 Å². The van der Waals surface area contributed by atoms with Gasteiger partial charge in [-0.15, -0.1) is 11.3 Å². The number of hydrogen-bond donors (Lipinski definition) is 3. The molecule has 0 fully saturated rings. The Kier molecular flexibility index (Phi) is 5.90. The smallest absolute Gasteiger partial charge is 0.191 e. The third kappa shape index (κ3) is 4.62. The van der Waals surface area contributed by atoms with Crippen molar-refractivity contribution in [3.8, 4) is 0 Å². The number of pyridine rings is 1. The average molecular weight is 372 g/mol. The molecule has 1 unspecified atom stereocenters. The maximum Gasteiger partial charge on any atom is 0.191 e. The molecule has 0 amide bonds. The first-order valence-electron chi connectivity index (χ1n) is 8.79. The summed E-state index contributed by atoms with van der Waals surface area (Å²) in [6, 6.07) is 9.85. The highest BCUT2D eigenvalue weighted by molar-refractivity contribution is 7.10. The van der Waals surface area contributed by atoms with E-state index in [1.807, 2.05) is 59.4 Å². The zero-order valence-electron chi connectivity index (χ0n) is 15.1. The Hall–Kier alpha value is -2.38. The molecule has 138 valence electrons. The van der Waals surface area contributed by atoms with Gasteiger partial charge in [-0.2, -0.15) is 0 Å². The molecule has 3 rings (SSSR count). The number of aromatic nitrogens is 2. The molecular weight excluding hydrogens is 346 g/mol. The number of thiophene rings is 1. The van der Waals surface area contributed by atoms with Crippen LogP contribution in [0.15, 0.2) is 53.1 Å². The number of fused-ring (bicyclic) bond motifs is 1. The minimum absolute atomic E-state index is 0.303. The molecule has 0 bridgehead atoms. The minimum atomic E-state index is -0.960. The highest BCUT2D eigenvalue weighted by Gasteiger charge is 2.23. The molecule has 3 aromatic rings. The monoisotopic (exact) mass is 371 g/mol. The first-order valence-corrected chi connectivity index (χ1v) is 9.67.